The Balaban J connectivity index is 1.68. The van der Waals surface area contributed by atoms with Gasteiger partial charge in [0.2, 0.25) is 0 Å². The summed E-state index contributed by atoms with van der Waals surface area (Å²) in [5, 5.41) is 3.15. The van der Waals surface area contributed by atoms with Gasteiger partial charge in [-0.05, 0) is 60.7 Å². The number of benzene rings is 3. The van der Waals surface area contributed by atoms with Gasteiger partial charge >= 0.3 is 0 Å². The van der Waals surface area contributed by atoms with E-state index in [1.54, 1.807) is 6.07 Å². The molecule has 1 unspecified atom stereocenters. The van der Waals surface area contributed by atoms with Gasteiger partial charge in [0.15, 0.2) is 0 Å². The maximum atomic E-state index is 12.8. The van der Waals surface area contributed by atoms with E-state index < -0.39 is 0 Å². The third-order valence-electron chi connectivity index (χ3n) is 4.99. The molecule has 0 spiro atoms. The van der Waals surface area contributed by atoms with Gasteiger partial charge in [0.1, 0.15) is 12.4 Å². The molecule has 0 heterocycles. The number of rotatable bonds is 7. The Bertz CT molecular complexity index is 934. The van der Waals surface area contributed by atoms with Crippen molar-refractivity contribution in [2.45, 2.75) is 39.8 Å². The standard InChI is InChI=1S/C25H27NO2/c1-4-24(21-14-13-18(2)19(3)15-21)26-25(27)22-11-8-12-23(16-22)28-17-20-9-6-5-7-10-20/h5-16,24H,4,17H2,1-3H3,(H,26,27). The summed E-state index contributed by atoms with van der Waals surface area (Å²) in [5.41, 5.74) is 5.33. The molecule has 1 N–H and O–H groups in total. The van der Waals surface area contributed by atoms with Gasteiger partial charge in [-0.25, -0.2) is 0 Å². The summed E-state index contributed by atoms with van der Waals surface area (Å²) in [4.78, 5) is 12.8. The molecule has 0 radical (unpaired) electrons. The molecule has 0 aliphatic heterocycles. The van der Waals surface area contributed by atoms with Gasteiger partial charge in [-0.1, -0.05) is 61.5 Å². The van der Waals surface area contributed by atoms with E-state index in [2.05, 4.69) is 44.3 Å². The van der Waals surface area contributed by atoms with E-state index in [1.807, 2.05) is 48.5 Å². The summed E-state index contributed by atoms with van der Waals surface area (Å²) < 4.78 is 5.85. The van der Waals surface area contributed by atoms with Crippen molar-refractivity contribution in [2.75, 3.05) is 0 Å². The first-order valence-corrected chi connectivity index (χ1v) is 9.71. The molecule has 0 saturated heterocycles. The van der Waals surface area contributed by atoms with E-state index in [1.165, 1.54) is 11.1 Å². The van der Waals surface area contributed by atoms with Crippen LogP contribution in [0, 0.1) is 13.8 Å². The van der Waals surface area contributed by atoms with Gasteiger partial charge < -0.3 is 10.1 Å². The van der Waals surface area contributed by atoms with Crippen molar-refractivity contribution in [2.24, 2.45) is 0 Å². The van der Waals surface area contributed by atoms with E-state index in [-0.39, 0.29) is 11.9 Å². The predicted octanol–water partition coefficient (Wildman–Crippen LogP) is 5.76. The molecule has 28 heavy (non-hydrogen) atoms. The molecule has 3 heteroatoms. The fourth-order valence-corrected chi connectivity index (χ4v) is 3.11. The van der Waals surface area contributed by atoms with Crippen molar-refractivity contribution in [3.05, 3.63) is 101 Å². The second-order valence-corrected chi connectivity index (χ2v) is 7.08. The molecule has 0 aliphatic rings. The molecule has 0 fully saturated rings. The highest BCUT2D eigenvalue weighted by Crippen LogP contribution is 2.21. The summed E-state index contributed by atoms with van der Waals surface area (Å²) in [6.45, 7) is 6.76. The quantitative estimate of drug-likeness (QED) is 0.571. The van der Waals surface area contributed by atoms with Gasteiger partial charge in [0, 0.05) is 5.56 Å². The zero-order valence-corrected chi connectivity index (χ0v) is 16.7. The van der Waals surface area contributed by atoms with Crippen LogP contribution >= 0.6 is 0 Å². The molecule has 0 aromatic heterocycles. The van der Waals surface area contributed by atoms with Crippen LogP contribution in [0.25, 0.3) is 0 Å². The minimum atomic E-state index is -0.0877. The van der Waals surface area contributed by atoms with Crippen LogP contribution in [0.5, 0.6) is 5.75 Å². The molecule has 0 aliphatic carbocycles. The Morgan fingerprint density at radius 2 is 1.71 bits per heavy atom. The highest BCUT2D eigenvalue weighted by molar-refractivity contribution is 5.94. The van der Waals surface area contributed by atoms with Gasteiger partial charge in [0.05, 0.1) is 6.04 Å². The summed E-state index contributed by atoms with van der Waals surface area (Å²) in [5.74, 6) is 0.603. The average molecular weight is 373 g/mol. The molecule has 3 nitrogen and oxygen atoms in total. The molecular formula is C25H27NO2. The SMILES string of the molecule is CCC(NC(=O)c1cccc(OCc2ccccc2)c1)c1ccc(C)c(C)c1. The zero-order chi connectivity index (χ0) is 19.9. The minimum absolute atomic E-state index is 0.0132. The van der Waals surface area contributed by atoms with Gasteiger partial charge in [0.25, 0.3) is 5.91 Å². The summed E-state index contributed by atoms with van der Waals surface area (Å²) in [7, 11) is 0. The lowest BCUT2D eigenvalue weighted by molar-refractivity contribution is 0.0935. The van der Waals surface area contributed by atoms with Crippen LogP contribution < -0.4 is 10.1 Å². The van der Waals surface area contributed by atoms with E-state index in [9.17, 15) is 4.79 Å². The number of hydrogen-bond acceptors (Lipinski definition) is 2. The van der Waals surface area contributed by atoms with Crippen molar-refractivity contribution in [1.29, 1.82) is 0 Å². The minimum Gasteiger partial charge on any atom is -0.489 e. The Morgan fingerprint density at radius 3 is 2.43 bits per heavy atom. The van der Waals surface area contributed by atoms with Crippen molar-refractivity contribution in [3.8, 4) is 5.75 Å². The highest BCUT2D eigenvalue weighted by atomic mass is 16.5. The molecule has 1 atom stereocenters. The largest absolute Gasteiger partial charge is 0.489 e. The highest BCUT2D eigenvalue weighted by Gasteiger charge is 2.15. The van der Waals surface area contributed by atoms with E-state index in [4.69, 9.17) is 4.74 Å². The lowest BCUT2D eigenvalue weighted by Gasteiger charge is -2.19. The van der Waals surface area contributed by atoms with E-state index in [0.717, 1.165) is 17.5 Å². The summed E-state index contributed by atoms with van der Waals surface area (Å²) in [6.07, 6.45) is 0.832. The predicted molar refractivity (Wildman–Crippen MR) is 114 cm³/mol. The number of amides is 1. The second-order valence-electron chi connectivity index (χ2n) is 7.08. The molecule has 0 bridgehead atoms. The van der Waals surface area contributed by atoms with Crippen LogP contribution in [0.3, 0.4) is 0 Å². The Morgan fingerprint density at radius 1 is 0.929 bits per heavy atom. The number of carbonyl (C=O) groups excluding carboxylic acids is 1. The van der Waals surface area contributed by atoms with Crippen molar-refractivity contribution < 1.29 is 9.53 Å². The first kappa shape index (κ1) is 19.7. The van der Waals surface area contributed by atoms with Gasteiger partial charge in [-0.3, -0.25) is 4.79 Å². The van der Waals surface area contributed by atoms with Gasteiger partial charge in [-0.15, -0.1) is 0 Å². The lowest BCUT2D eigenvalue weighted by Crippen LogP contribution is -2.28. The fourth-order valence-electron chi connectivity index (χ4n) is 3.11. The normalized spacial score (nSPS) is 11.7. The molecule has 3 rings (SSSR count). The van der Waals surface area contributed by atoms with Crippen molar-refractivity contribution in [3.63, 3.8) is 0 Å². The van der Waals surface area contributed by atoms with Crippen molar-refractivity contribution >= 4 is 5.91 Å². The maximum absolute atomic E-state index is 12.8. The number of nitrogens with one attached hydrogen (secondary N) is 1. The zero-order valence-electron chi connectivity index (χ0n) is 16.7. The number of aryl methyl sites for hydroxylation is 2. The topological polar surface area (TPSA) is 38.3 Å². The molecule has 144 valence electrons. The van der Waals surface area contributed by atoms with Crippen LogP contribution in [-0.2, 0) is 6.61 Å². The Hall–Kier alpha value is -3.07. The first-order valence-electron chi connectivity index (χ1n) is 9.71. The Kier molecular flexibility index (Phi) is 6.49. The molecule has 0 saturated carbocycles. The Labute approximate surface area is 167 Å². The number of carbonyl (C=O) groups is 1. The molecule has 3 aromatic rings. The fraction of sp³-hybridized carbons (Fsp3) is 0.240. The number of hydrogen-bond donors (Lipinski definition) is 1. The van der Waals surface area contributed by atoms with Crippen LogP contribution in [0.4, 0.5) is 0 Å². The van der Waals surface area contributed by atoms with Crippen molar-refractivity contribution in [1.82, 2.24) is 5.32 Å². The number of ether oxygens (including phenoxy) is 1. The van der Waals surface area contributed by atoms with E-state index >= 15 is 0 Å². The third kappa shape index (κ3) is 5.01. The van der Waals surface area contributed by atoms with Crippen LogP contribution in [0.1, 0.15) is 52.0 Å². The molecule has 1 amide bonds. The second kappa shape index (κ2) is 9.23. The summed E-state index contributed by atoms with van der Waals surface area (Å²) in [6, 6.07) is 23.7. The smallest absolute Gasteiger partial charge is 0.251 e. The van der Waals surface area contributed by atoms with Crippen LogP contribution in [-0.4, -0.2) is 5.91 Å². The van der Waals surface area contributed by atoms with E-state index in [0.29, 0.717) is 17.9 Å². The van der Waals surface area contributed by atoms with Crippen LogP contribution in [0.2, 0.25) is 0 Å². The monoisotopic (exact) mass is 373 g/mol. The first-order chi connectivity index (χ1) is 13.6. The third-order valence-corrected chi connectivity index (χ3v) is 4.99. The maximum Gasteiger partial charge on any atom is 0.251 e. The molecule has 3 aromatic carbocycles. The summed E-state index contributed by atoms with van der Waals surface area (Å²) >= 11 is 0. The van der Waals surface area contributed by atoms with Gasteiger partial charge in [-0.2, -0.15) is 0 Å². The van der Waals surface area contributed by atoms with Crippen LogP contribution in [0.15, 0.2) is 72.8 Å². The average Bonchev–Trinajstić information content (AvgIpc) is 2.73. The molecular weight excluding hydrogens is 346 g/mol. The lowest BCUT2D eigenvalue weighted by atomic mass is 9.99.